The Hall–Kier alpha value is -0.820. The molecule has 3 nitrogen and oxygen atoms in total. The predicted molar refractivity (Wildman–Crippen MR) is 38.5 cm³/mol. The Morgan fingerprint density at radius 3 is 2.89 bits per heavy atom. The molecule has 0 amide bonds. The van der Waals surface area contributed by atoms with Crippen LogP contribution in [0.3, 0.4) is 0 Å². The molecule has 0 aliphatic heterocycles. The van der Waals surface area contributed by atoms with Crippen LogP contribution in [0.1, 0.15) is 0 Å². The summed E-state index contributed by atoms with van der Waals surface area (Å²) in [5.41, 5.74) is 0. The molecule has 0 radical (unpaired) electrons. The molecule has 1 unspecified atom stereocenters. The van der Waals surface area contributed by atoms with Crippen molar-refractivity contribution in [1.29, 1.82) is 0 Å². The van der Waals surface area contributed by atoms with Gasteiger partial charge in [-0.05, 0) is 12.1 Å². The van der Waals surface area contributed by atoms with Gasteiger partial charge in [-0.15, -0.1) is 5.11 Å². The number of hydrogen-bond donors (Lipinski definition) is 0. The van der Waals surface area contributed by atoms with Crippen LogP contribution >= 0.6 is 9.39 Å². The lowest BCUT2D eigenvalue weighted by atomic mass is 10.5. The molecule has 0 N–H and O–H groups in total. The van der Waals surface area contributed by atoms with Gasteiger partial charge in [0, 0.05) is 15.6 Å². The number of nitrogens with zero attached hydrogens (tertiary/aromatic N) is 3. The smallest absolute Gasteiger partial charge is 0.174 e. The third-order valence-corrected chi connectivity index (χ3v) is 0.925. The molecule has 0 aliphatic carbocycles. The molecule has 1 aromatic rings. The first-order chi connectivity index (χ1) is 4.43. The van der Waals surface area contributed by atoms with Gasteiger partial charge in [-0.2, -0.15) is 4.88 Å². The van der Waals surface area contributed by atoms with Gasteiger partial charge < -0.3 is 0 Å². The van der Waals surface area contributed by atoms with Gasteiger partial charge in [-0.3, -0.25) is 0 Å². The third kappa shape index (κ3) is 1.86. The van der Waals surface area contributed by atoms with Crippen LogP contribution in [-0.4, -0.2) is 4.98 Å². The van der Waals surface area contributed by atoms with Gasteiger partial charge in [0.1, 0.15) is 0 Å². The fourth-order valence-corrected chi connectivity index (χ4v) is 0.590. The first-order valence-electron chi connectivity index (χ1n) is 2.45. The van der Waals surface area contributed by atoms with E-state index in [1.165, 1.54) is 0 Å². The fraction of sp³-hybridized carbons (Fsp3) is 0. The highest BCUT2D eigenvalue weighted by Crippen LogP contribution is 2.06. The van der Waals surface area contributed by atoms with Crippen molar-refractivity contribution in [3.8, 4) is 0 Å². The van der Waals surface area contributed by atoms with E-state index in [2.05, 4.69) is 24.4 Å². The average Bonchev–Trinajstić information content (AvgIpc) is 1.91. The Labute approximate surface area is 55.5 Å². The average molecular weight is 139 g/mol. The molecule has 0 fully saturated rings. The van der Waals surface area contributed by atoms with Gasteiger partial charge in [0.15, 0.2) is 5.82 Å². The van der Waals surface area contributed by atoms with Crippen LogP contribution < -0.4 is 0 Å². The molecule has 1 atom stereocenters. The SMILES string of the molecule is P/N=N/c1ccccn1. The van der Waals surface area contributed by atoms with Crippen molar-refractivity contribution >= 4 is 15.2 Å². The Kier molecular flexibility index (Phi) is 2.28. The van der Waals surface area contributed by atoms with Gasteiger partial charge in [-0.1, -0.05) is 6.07 Å². The molecule has 46 valence electrons. The van der Waals surface area contributed by atoms with Crippen LogP contribution in [0.25, 0.3) is 0 Å². The molecule has 0 bridgehead atoms. The Morgan fingerprint density at radius 2 is 2.33 bits per heavy atom. The van der Waals surface area contributed by atoms with Crippen LogP contribution in [-0.2, 0) is 0 Å². The van der Waals surface area contributed by atoms with Crippen molar-refractivity contribution in [2.75, 3.05) is 0 Å². The highest BCUT2D eigenvalue weighted by molar-refractivity contribution is 7.14. The zero-order valence-corrected chi connectivity index (χ0v) is 5.88. The Balaban J connectivity index is 2.85. The first-order valence-corrected chi connectivity index (χ1v) is 2.97. The van der Waals surface area contributed by atoms with Crippen molar-refractivity contribution in [2.45, 2.75) is 0 Å². The molecule has 0 aromatic carbocycles. The minimum absolute atomic E-state index is 0.632. The fourth-order valence-electron chi connectivity index (χ4n) is 0.472. The van der Waals surface area contributed by atoms with E-state index < -0.39 is 0 Å². The lowest BCUT2D eigenvalue weighted by Gasteiger charge is -1.84. The summed E-state index contributed by atoms with van der Waals surface area (Å²) >= 11 is 0. The number of aromatic nitrogens is 1. The van der Waals surface area contributed by atoms with Crippen LogP contribution in [0.15, 0.2) is 34.4 Å². The van der Waals surface area contributed by atoms with Crippen molar-refractivity contribution in [3.05, 3.63) is 24.4 Å². The van der Waals surface area contributed by atoms with Crippen molar-refractivity contribution in [3.63, 3.8) is 0 Å². The van der Waals surface area contributed by atoms with E-state index in [0.29, 0.717) is 5.82 Å². The largest absolute Gasteiger partial charge is 0.236 e. The maximum Gasteiger partial charge on any atom is 0.174 e. The van der Waals surface area contributed by atoms with Crippen molar-refractivity contribution < 1.29 is 0 Å². The second-order valence-corrected chi connectivity index (χ2v) is 1.63. The normalized spacial score (nSPS) is 10.3. The highest BCUT2D eigenvalue weighted by atomic mass is 31.0. The number of rotatable bonds is 1. The van der Waals surface area contributed by atoms with Crippen LogP contribution in [0.5, 0.6) is 0 Å². The first kappa shape index (κ1) is 6.30. The summed E-state index contributed by atoms with van der Waals surface area (Å²) in [6, 6.07) is 5.48. The molecule has 9 heavy (non-hydrogen) atoms. The number of pyridine rings is 1. The second-order valence-electron chi connectivity index (χ2n) is 1.40. The summed E-state index contributed by atoms with van der Waals surface area (Å²) in [6.07, 6.45) is 1.68. The maximum absolute atomic E-state index is 3.89. The van der Waals surface area contributed by atoms with E-state index in [-0.39, 0.29) is 0 Å². The molecular weight excluding hydrogens is 133 g/mol. The molecule has 1 aromatic heterocycles. The molecule has 1 heterocycles. The summed E-state index contributed by atoms with van der Waals surface area (Å²) in [4.78, 5) is 7.38. The van der Waals surface area contributed by atoms with E-state index in [9.17, 15) is 0 Å². The van der Waals surface area contributed by atoms with Gasteiger partial charge in [-0.25, -0.2) is 4.98 Å². The molecule has 0 saturated carbocycles. The van der Waals surface area contributed by atoms with Crippen molar-refractivity contribution in [2.24, 2.45) is 10.00 Å². The molecule has 4 heteroatoms. The van der Waals surface area contributed by atoms with E-state index in [0.717, 1.165) is 0 Å². The maximum atomic E-state index is 3.89. The predicted octanol–water partition coefficient (Wildman–Crippen LogP) is 1.96. The van der Waals surface area contributed by atoms with E-state index in [4.69, 9.17) is 0 Å². The molecular formula is C5H6N3P. The Morgan fingerprint density at radius 1 is 1.44 bits per heavy atom. The summed E-state index contributed by atoms with van der Waals surface area (Å²) in [5.74, 6) is 0.632. The zero-order chi connectivity index (χ0) is 6.53. The summed E-state index contributed by atoms with van der Waals surface area (Å²) in [6.45, 7) is 0. The minimum atomic E-state index is 0.632. The molecule has 1 rings (SSSR count). The quantitative estimate of drug-likeness (QED) is 0.432. The molecule has 0 spiro atoms. The zero-order valence-electron chi connectivity index (χ0n) is 4.73. The molecule has 0 saturated heterocycles. The second kappa shape index (κ2) is 3.25. The van der Waals surface area contributed by atoms with E-state index >= 15 is 0 Å². The van der Waals surface area contributed by atoms with Crippen LogP contribution in [0.2, 0.25) is 0 Å². The van der Waals surface area contributed by atoms with E-state index in [1.54, 1.807) is 12.3 Å². The minimum Gasteiger partial charge on any atom is -0.236 e. The lowest BCUT2D eigenvalue weighted by Crippen LogP contribution is -1.66. The third-order valence-electron chi connectivity index (χ3n) is 0.809. The molecule has 0 aliphatic rings. The topological polar surface area (TPSA) is 37.6 Å². The Bertz CT molecular complexity index is 197. The van der Waals surface area contributed by atoms with Gasteiger partial charge in [0.25, 0.3) is 0 Å². The summed E-state index contributed by atoms with van der Waals surface area (Å²) in [5, 5.41) is 3.68. The van der Waals surface area contributed by atoms with Gasteiger partial charge in [0.05, 0.1) is 0 Å². The van der Waals surface area contributed by atoms with Gasteiger partial charge >= 0.3 is 0 Å². The van der Waals surface area contributed by atoms with E-state index in [1.807, 2.05) is 12.1 Å². The van der Waals surface area contributed by atoms with Gasteiger partial charge in [0.2, 0.25) is 0 Å². The standard InChI is InChI=1S/C5H6N3P/c9-8-7-5-3-1-2-4-6-5/h1-4H,9H2/b8-7+. The summed E-state index contributed by atoms with van der Waals surface area (Å²) in [7, 11) is 2.15. The lowest BCUT2D eigenvalue weighted by molar-refractivity contribution is 1.20. The van der Waals surface area contributed by atoms with Crippen LogP contribution in [0, 0.1) is 0 Å². The van der Waals surface area contributed by atoms with Crippen molar-refractivity contribution in [1.82, 2.24) is 4.98 Å². The van der Waals surface area contributed by atoms with Crippen LogP contribution in [0.4, 0.5) is 5.82 Å². The highest BCUT2D eigenvalue weighted by Gasteiger charge is 1.81. The number of hydrogen-bond acceptors (Lipinski definition) is 3. The summed E-state index contributed by atoms with van der Waals surface area (Å²) < 4.78 is 0. The monoisotopic (exact) mass is 139 g/mol.